The van der Waals surface area contributed by atoms with Crippen molar-refractivity contribution in [2.45, 2.75) is 18.5 Å². The molecule has 0 bridgehead atoms. The summed E-state index contributed by atoms with van der Waals surface area (Å²) in [6.45, 7) is 0. The van der Waals surface area contributed by atoms with E-state index >= 15 is 0 Å². The first-order chi connectivity index (χ1) is 12.2. The number of carbonyl (C=O) groups is 4. The fraction of sp³-hybridized carbons (Fsp3) is 0.529. The van der Waals surface area contributed by atoms with Gasteiger partial charge < -0.3 is 22.9 Å². The quantitative estimate of drug-likeness (QED) is 0.339. The fourth-order valence-electron chi connectivity index (χ4n) is 5.01. The van der Waals surface area contributed by atoms with Crippen LogP contribution in [0.2, 0.25) is 0 Å². The van der Waals surface area contributed by atoms with Crippen LogP contribution >= 0.6 is 0 Å². The van der Waals surface area contributed by atoms with Crippen LogP contribution in [0, 0.1) is 29.6 Å². The Labute approximate surface area is 149 Å². The highest BCUT2D eigenvalue weighted by Crippen LogP contribution is 2.49. The van der Waals surface area contributed by atoms with Gasteiger partial charge in [-0.05, 0) is 6.42 Å². The molecule has 1 heterocycles. The van der Waals surface area contributed by atoms with E-state index in [4.69, 9.17) is 22.9 Å². The lowest BCUT2D eigenvalue weighted by atomic mass is 9.55. The monoisotopic (exact) mass is 359 g/mol. The number of likely N-dealkylation sites (N-methyl/N-ethyl adjacent to an activating group) is 1. The Morgan fingerprint density at radius 3 is 2.23 bits per heavy atom. The minimum absolute atomic E-state index is 0.0264. The molecule has 0 spiro atoms. The Kier molecular flexibility index (Phi) is 3.41. The van der Waals surface area contributed by atoms with Crippen LogP contribution in [0.3, 0.4) is 0 Å². The van der Waals surface area contributed by atoms with Crippen molar-refractivity contribution in [3.05, 3.63) is 23.0 Å². The van der Waals surface area contributed by atoms with Crippen LogP contribution in [-0.4, -0.2) is 47.4 Å². The molecule has 7 atom stereocenters. The average molecular weight is 359 g/mol. The van der Waals surface area contributed by atoms with Crippen molar-refractivity contribution in [3.63, 3.8) is 0 Å². The minimum atomic E-state index is -1.04. The number of carbonyl (C=O) groups excluding carboxylic acids is 4. The summed E-state index contributed by atoms with van der Waals surface area (Å²) in [6.07, 6.45) is 2.04. The Hall–Kier alpha value is -2.52. The molecule has 9 heteroatoms. The Morgan fingerprint density at radius 2 is 1.58 bits per heavy atom. The SMILES string of the molecule is CN1C(=O)C2=C(N)C3C(=O)C4C(N)CC=C(N)C4C(=O)C3C(N)C2C1=O. The van der Waals surface area contributed by atoms with Crippen LogP contribution in [0.5, 0.6) is 0 Å². The number of likely N-dealkylation sites (tertiary alicyclic amines) is 1. The lowest BCUT2D eigenvalue weighted by Gasteiger charge is -2.47. The van der Waals surface area contributed by atoms with Crippen molar-refractivity contribution in [3.8, 4) is 0 Å². The largest absolute Gasteiger partial charge is 0.402 e. The molecule has 26 heavy (non-hydrogen) atoms. The molecule has 0 aromatic heterocycles. The van der Waals surface area contributed by atoms with Gasteiger partial charge >= 0.3 is 0 Å². The predicted octanol–water partition coefficient (Wildman–Crippen LogP) is -2.65. The number of hydrogen-bond acceptors (Lipinski definition) is 8. The molecule has 4 rings (SSSR count). The van der Waals surface area contributed by atoms with Gasteiger partial charge in [-0.3, -0.25) is 24.1 Å². The normalized spacial score (nSPS) is 42.5. The first-order valence-corrected chi connectivity index (χ1v) is 8.54. The second kappa shape index (κ2) is 5.24. The van der Waals surface area contributed by atoms with Crippen LogP contribution in [0.25, 0.3) is 0 Å². The molecule has 1 saturated carbocycles. The predicted molar refractivity (Wildman–Crippen MR) is 89.3 cm³/mol. The van der Waals surface area contributed by atoms with E-state index in [1.807, 2.05) is 0 Å². The summed E-state index contributed by atoms with van der Waals surface area (Å²) in [7, 11) is 1.33. The molecule has 9 nitrogen and oxygen atoms in total. The summed E-state index contributed by atoms with van der Waals surface area (Å²) in [5.41, 5.74) is 24.8. The van der Waals surface area contributed by atoms with Crippen molar-refractivity contribution < 1.29 is 19.2 Å². The number of hydrogen-bond donors (Lipinski definition) is 4. The molecule has 0 aromatic rings. The molecular formula is C17H21N5O4. The maximum atomic E-state index is 13.2. The molecule has 2 fully saturated rings. The average Bonchev–Trinajstić information content (AvgIpc) is 2.82. The van der Waals surface area contributed by atoms with Gasteiger partial charge in [0.15, 0.2) is 0 Å². The number of fused-ring (bicyclic) bond motifs is 3. The summed E-state index contributed by atoms with van der Waals surface area (Å²) >= 11 is 0. The third-order valence-corrected chi connectivity index (χ3v) is 6.32. The van der Waals surface area contributed by atoms with Crippen LogP contribution in [-0.2, 0) is 19.2 Å². The van der Waals surface area contributed by atoms with E-state index in [1.54, 1.807) is 6.08 Å². The summed E-state index contributed by atoms with van der Waals surface area (Å²) in [4.78, 5) is 52.2. The summed E-state index contributed by atoms with van der Waals surface area (Å²) < 4.78 is 0. The van der Waals surface area contributed by atoms with Gasteiger partial charge in [-0.25, -0.2) is 0 Å². The van der Waals surface area contributed by atoms with Gasteiger partial charge in [0, 0.05) is 42.4 Å². The van der Waals surface area contributed by atoms with E-state index in [9.17, 15) is 19.2 Å². The van der Waals surface area contributed by atoms with Crippen LogP contribution in [0.15, 0.2) is 23.0 Å². The third kappa shape index (κ3) is 1.81. The first-order valence-electron chi connectivity index (χ1n) is 8.54. The highest BCUT2D eigenvalue weighted by molar-refractivity contribution is 6.17. The van der Waals surface area contributed by atoms with E-state index in [0.29, 0.717) is 12.1 Å². The highest BCUT2D eigenvalue weighted by atomic mass is 16.2. The standard InChI is InChI=1S/C17H21N5O4/c1-22-16(25)10-11(17(22)26)13(21)9-8(12(10)20)14(23)6-4(18)2-3-5(19)7(6)15(9)24/h2,5-10,12H,3,18-21H2,1H3. The molecule has 4 aliphatic rings. The van der Waals surface area contributed by atoms with Crippen molar-refractivity contribution in [1.29, 1.82) is 0 Å². The van der Waals surface area contributed by atoms with Crippen molar-refractivity contribution >= 4 is 23.4 Å². The van der Waals surface area contributed by atoms with Crippen molar-refractivity contribution in [2.24, 2.45) is 52.5 Å². The van der Waals surface area contributed by atoms with E-state index in [-0.39, 0.29) is 22.8 Å². The maximum absolute atomic E-state index is 13.2. The van der Waals surface area contributed by atoms with Crippen molar-refractivity contribution in [1.82, 2.24) is 4.90 Å². The van der Waals surface area contributed by atoms with Crippen LogP contribution in [0.1, 0.15) is 6.42 Å². The van der Waals surface area contributed by atoms with E-state index in [1.165, 1.54) is 7.05 Å². The third-order valence-electron chi connectivity index (χ3n) is 6.32. The zero-order valence-electron chi connectivity index (χ0n) is 14.2. The molecule has 138 valence electrons. The second-order valence-electron chi connectivity index (χ2n) is 7.54. The number of amides is 2. The molecule has 3 aliphatic carbocycles. The van der Waals surface area contributed by atoms with Gasteiger partial charge in [-0.15, -0.1) is 0 Å². The fourth-order valence-corrected chi connectivity index (χ4v) is 5.01. The van der Waals surface area contributed by atoms with Crippen LogP contribution in [0.4, 0.5) is 0 Å². The molecule has 0 aromatic carbocycles. The van der Waals surface area contributed by atoms with E-state index < -0.39 is 53.5 Å². The van der Waals surface area contributed by atoms with Crippen LogP contribution < -0.4 is 22.9 Å². The highest BCUT2D eigenvalue weighted by Gasteiger charge is 2.62. The number of Topliss-reactive ketones (excluding diaryl/α,β-unsaturated/α-hetero) is 2. The van der Waals surface area contributed by atoms with E-state index in [0.717, 1.165) is 4.90 Å². The van der Waals surface area contributed by atoms with E-state index in [2.05, 4.69) is 0 Å². The summed E-state index contributed by atoms with van der Waals surface area (Å²) in [5, 5.41) is 0. The van der Waals surface area contributed by atoms with Gasteiger partial charge in [0.1, 0.15) is 11.6 Å². The van der Waals surface area contributed by atoms with Crippen molar-refractivity contribution in [2.75, 3.05) is 7.05 Å². The Bertz CT molecular complexity index is 831. The second-order valence-corrected chi connectivity index (χ2v) is 7.54. The number of ketones is 2. The first kappa shape index (κ1) is 16.9. The molecule has 0 radical (unpaired) electrons. The zero-order chi connectivity index (χ0) is 19.1. The molecule has 1 aliphatic heterocycles. The van der Waals surface area contributed by atoms with Gasteiger partial charge in [0.05, 0.1) is 23.3 Å². The Morgan fingerprint density at radius 1 is 0.962 bits per heavy atom. The lowest BCUT2D eigenvalue weighted by molar-refractivity contribution is -0.148. The summed E-state index contributed by atoms with van der Waals surface area (Å²) in [6, 6.07) is -1.56. The smallest absolute Gasteiger partial charge is 0.258 e. The molecular weight excluding hydrogens is 338 g/mol. The topological polar surface area (TPSA) is 176 Å². The number of nitrogens with two attached hydrogens (primary N) is 4. The molecule has 1 saturated heterocycles. The minimum Gasteiger partial charge on any atom is -0.402 e. The van der Waals surface area contributed by atoms with Gasteiger partial charge in [-0.2, -0.15) is 0 Å². The van der Waals surface area contributed by atoms with Gasteiger partial charge in [0.25, 0.3) is 5.91 Å². The lowest BCUT2D eigenvalue weighted by Crippen LogP contribution is -2.64. The number of imide groups is 1. The molecule has 8 N–H and O–H groups in total. The maximum Gasteiger partial charge on any atom is 0.258 e. The molecule has 2 amide bonds. The van der Waals surface area contributed by atoms with Gasteiger partial charge in [-0.1, -0.05) is 6.08 Å². The zero-order valence-corrected chi connectivity index (χ0v) is 14.2. The Balaban J connectivity index is 1.90. The van der Waals surface area contributed by atoms with Gasteiger partial charge in [0.2, 0.25) is 5.91 Å². The number of allylic oxidation sites excluding steroid dienone is 2. The summed E-state index contributed by atoms with van der Waals surface area (Å²) in [5.74, 6) is -6.40. The molecule has 7 unspecified atom stereocenters. The number of nitrogens with zero attached hydrogens (tertiary/aromatic N) is 1. The number of rotatable bonds is 0.